The number of rotatable bonds is 3. The van der Waals surface area contributed by atoms with Crippen LogP contribution in [0.25, 0.3) is 0 Å². The third kappa shape index (κ3) is 4.20. The number of benzene rings is 1. The van der Waals surface area contributed by atoms with E-state index in [1.807, 2.05) is 6.07 Å². The van der Waals surface area contributed by atoms with Crippen LogP contribution in [0.5, 0.6) is 0 Å². The summed E-state index contributed by atoms with van der Waals surface area (Å²) in [5, 5.41) is 0. The predicted molar refractivity (Wildman–Crippen MR) is 64.4 cm³/mol. The van der Waals surface area contributed by atoms with Gasteiger partial charge in [0.15, 0.2) is 4.33 Å². The summed E-state index contributed by atoms with van der Waals surface area (Å²) in [6, 6.07) is 8.62. The van der Waals surface area contributed by atoms with Crippen LogP contribution in [0.2, 0.25) is 0 Å². The maximum atomic E-state index is 11.4. The first-order valence-corrected chi connectivity index (χ1v) is 5.42. The summed E-state index contributed by atoms with van der Waals surface area (Å²) in [6.45, 7) is 0. The molecule has 15 heavy (non-hydrogen) atoms. The third-order valence-corrected chi connectivity index (χ3v) is 2.73. The number of nitrogens with zero attached hydrogens (tertiary/aromatic N) is 1. The van der Waals surface area contributed by atoms with Gasteiger partial charge < -0.3 is 0 Å². The van der Waals surface area contributed by atoms with Crippen LogP contribution in [-0.2, 0) is 0 Å². The second-order valence-electron chi connectivity index (χ2n) is 2.82. The first-order chi connectivity index (χ1) is 7.05. The fourth-order valence-electron chi connectivity index (χ4n) is 0.843. The molecule has 5 heteroatoms. The molecule has 0 atom stereocenters. The minimum Gasteiger partial charge on any atom is -0.267 e. The van der Waals surface area contributed by atoms with Gasteiger partial charge >= 0.3 is 0 Å². The van der Waals surface area contributed by atoms with Gasteiger partial charge in [0.2, 0.25) is 0 Å². The molecule has 0 aliphatic carbocycles. The summed E-state index contributed by atoms with van der Waals surface area (Å²) < 4.78 is -1.30. The van der Waals surface area contributed by atoms with E-state index in [4.69, 9.17) is 34.8 Å². The Morgan fingerprint density at radius 3 is 2.47 bits per heavy atom. The molecule has 1 amide bonds. The topological polar surface area (TPSA) is 29.4 Å². The van der Waals surface area contributed by atoms with Gasteiger partial charge in [-0.25, -0.2) is 4.99 Å². The van der Waals surface area contributed by atoms with Crippen molar-refractivity contribution in [1.82, 2.24) is 0 Å². The van der Waals surface area contributed by atoms with Crippen molar-refractivity contribution in [2.24, 2.45) is 4.99 Å². The molecule has 1 rings (SSSR count). The number of carbonyl (C=O) groups is 1. The SMILES string of the molecule is O=C(N=CC(Cl)(Cl)CCl)c1ccccc1. The Morgan fingerprint density at radius 1 is 1.33 bits per heavy atom. The second-order valence-corrected chi connectivity index (χ2v) is 4.63. The molecule has 0 aliphatic heterocycles. The van der Waals surface area contributed by atoms with Crippen LogP contribution in [0.15, 0.2) is 35.3 Å². The molecule has 0 fully saturated rings. The van der Waals surface area contributed by atoms with Crippen LogP contribution in [0.3, 0.4) is 0 Å². The van der Waals surface area contributed by atoms with Gasteiger partial charge in [-0.05, 0) is 12.1 Å². The van der Waals surface area contributed by atoms with E-state index in [2.05, 4.69) is 4.99 Å². The van der Waals surface area contributed by atoms with Crippen LogP contribution in [0.1, 0.15) is 10.4 Å². The van der Waals surface area contributed by atoms with Gasteiger partial charge in [0.1, 0.15) is 0 Å². The van der Waals surface area contributed by atoms with E-state index >= 15 is 0 Å². The van der Waals surface area contributed by atoms with Crippen molar-refractivity contribution in [3.8, 4) is 0 Å². The number of hydrogen-bond donors (Lipinski definition) is 0. The number of aliphatic imine (C=N–C) groups is 1. The molecular formula is C10H8Cl3NO. The number of alkyl halides is 3. The third-order valence-electron chi connectivity index (χ3n) is 1.57. The Bertz CT molecular complexity index is 362. The quantitative estimate of drug-likeness (QED) is 0.608. The Morgan fingerprint density at radius 2 is 1.93 bits per heavy atom. The molecule has 1 aromatic rings. The van der Waals surface area contributed by atoms with E-state index in [1.54, 1.807) is 24.3 Å². The van der Waals surface area contributed by atoms with Crippen molar-refractivity contribution in [3.05, 3.63) is 35.9 Å². The summed E-state index contributed by atoms with van der Waals surface area (Å²) in [5.41, 5.74) is 0.479. The van der Waals surface area contributed by atoms with E-state index in [0.717, 1.165) is 6.21 Å². The zero-order valence-corrected chi connectivity index (χ0v) is 9.93. The lowest BCUT2D eigenvalue weighted by molar-refractivity contribution is 0.100. The minimum atomic E-state index is -1.30. The number of amides is 1. The zero-order valence-electron chi connectivity index (χ0n) is 7.66. The summed E-state index contributed by atoms with van der Waals surface area (Å²) >= 11 is 16.8. The van der Waals surface area contributed by atoms with Crippen molar-refractivity contribution >= 4 is 46.9 Å². The number of halogens is 3. The Kier molecular flexibility index (Phi) is 4.58. The normalized spacial score (nSPS) is 11.9. The summed E-state index contributed by atoms with van der Waals surface area (Å²) in [4.78, 5) is 15.1. The highest BCUT2D eigenvalue weighted by atomic mass is 35.5. The molecule has 0 heterocycles. The molecule has 0 unspecified atom stereocenters. The van der Waals surface area contributed by atoms with E-state index in [-0.39, 0.29) is 5.88 Å². The minimum absolute atomic E-state index is 0.0261. The molecule has 0 saturated heterocycles. The van der Waals surface area contributed by atoms with E-state index < -0.39 is 10.2 Å². The lowest BCUT2D eigenvalue weighted by Crippen LogP contribution is -2.17. The lowest BCUT2D eigenvalue weighted by Gasteiger charge is -2.07. The van der Waals surface area contributed by atoms with Gasteiger partial charge in [-0.1, -0.05) is 41.4 Å². The first kappa shape index (κ1) is 12.5. The van der Waals surface area contributed by atoms with Gasteiger partial charge in [0, 0.05) is 11.8 Å². The highest BCUT2D eigenvalue weighted by molar-refractivity contribution is 6.59. The monoisotopic (exact) mass is 263 g/mol. The van der Waals surface area contributed by atoms with Gasteiger partial charge in [-0.3, -0.25) is 4.79 Å². The highest BCUT2D eigenvalue weighted by Gasteiger charge is 2.20. The molecule has 1 aromatic carbocycles. The Balaban J connectivity index is 2.73. The van der Waals surface area contributed by atoms with Crippen molar-refractivity contribution in [2.45, 2.75) is 4.33 Å². The fourth-order valence-corrected chi connectivity index (χ4v) is 1.01. The van der Waals surface area contributed by atoms with Crippen molar-refractivity contribution < 1.29 is 4.79 Å². The molecule has 0 radical (unpaired) electrons. The lowest BCUT2D eigenvalue weighted by atomic mass is 10.2. The second kappa shape index (κ2) is 5.50. The van der Waals surface area contributed by atoms with Crippen molar-refractivity contribution in [3.63, 3.8) is 0 Å². The molecule has 0 aromatic heterocycles. The molecule has 80 valence electrons. The molecule has 0 saturated carbocycles. The number of carbonyl (C=O) groups excluding carboxylic acids is 1. The summed E-state index contributed by atoms with van der Waals surface area (Å²) in [7, 11) is 0. The van der Waals surface area contributed by atoms with Gasteiger partial charge in [-0.15, -0.1) is 11.6 Å². The molecule has 0 N–H and O–H groups in total. The van der Waals surface area contributed by atoms with Crippen molar-refractivity contribution in [2.75, 3.05) is 5.88 Å². The smallest absolute Gasteiger partial charge is 0.267 e. The molecule has 0 bridgehead atoms. The van der Waals surface area contributed by atoms with Crippen LogP contribution < -0.4 is 0 Å². The van der Waals surface area contributed by atoms with E-state index in [1.165, 1.54) is 0 Å². The molecule has 2 nitrogen and oxygen atoms in total. The van der Waals surface area contributed by atoms with Crippen LogP contribution in [-0.4, -0.2) is 22.3 Å². The molecule has 0 spiro atoms. The van der Waals surface area contributed by atoms with E-state index in [0.29, 0.717) is 5.56 Å². The van der Waals surface area contributed by atoms with Crippen LogP contribution >= 0.6 is 34.8 Å². The Labute approximate surface area is 103 Å². The number of hydrogen-bond acceptors (Lipinski definition) is 1. The largest absolute Gasteiger partial charge is 0.276 e. The van der Waals surface area contributed by atoms with Crippen molar-refractivity contribution in [1.29, 1.82) is 0 Å². The van der Waals surface area contributed by atoms with Gasteiger partial charge in [-0.2, -0.15) is 0 Å². The zero-order chi connectivity index (χ0) is 11.3. The molecular weight excluding hydrogens is 256 g/mol. The first-order valence-electron chi connectivity index (χ1n) is 4.13. The highest BCUT2D eigenvalue weighted by Crippen LogP contribution is 2.19. The van der Waals surface area contributed by atoms with Gasteiger partial charge in [0.25, 0.3) is 5.91 Å². The maximum absolute atomic E-state index is 11.4. The Hall–Kier alpha value is -0.570. The fraction of sp³-hybridized carbons (Fsp3) is 0.200. The standard InChI is InChI=1S/C10H8Cl3NO/c11-6-10(12,13)7-14-9(15)8-4-2-1-3-5-8/h1-5,7H,6H2. The predicted octanol–water partition coefficient (Wildman–Crippen LogP) is 3.31. The maximum Gasteiger partial charge on any atom is 0.276 e. The van der Waals surface area contributed by atoms with Gasteiger partial charge in [0.05, 0.1) is 5.88 Å². The average Bonchev–Trinajstić information content (AvgIpc) is 2.27. The van der Waals surface area contributed by atoms with E-state index in [9.17, 15) is 4.79 Å². The summed E-state index contributed by atoms with van der Waals surface area (Å²) in [5.74, 6) is -0.423. The van der Waals surface area contributed by atoms with Crippen LogP contribution in [0, 0.1) is 0 Å². The molecule has 0 aliphatic rings. The van der Waals surface area contributed by atoms with Crippen LogP contribution in [0.4, 0.5) is 0 Å². The average molecular weight is 265 g/mol. The summed E-state index contributed by atoms with van der Waals surface area (Å²) in [6.07, 6.45) is 1.14.